The first-order valence-electron chi connectivity index (χ1n) is 6.80. The van der Waals surface area contributed by atoms with Crippen LogP contribution >= 0.6 is 0 Å². The van der Waals surface area contributed by atoms with Gasteiger partial charge >= 0.3 is 5.97 Å². The maximum Gasteiger partial charge on any atom is 0.321 e. The van der Waals surface area contributed by atoms with Gasteiger partial charge in [-0.1, -0.05) is 24.3 Å². The lowest BCUT2D eigenvalue weighted by Crippen LogP contribution is -2.49. The predicted octanol–water partition coefficient (Wildman–Crippen LogP) is 0.976. The Morgan fingerprint density at radius 1 is 1.35 bits per heavy atom. The number of nitrogens with zero attached hydrogens (tertiary/aromatic N) is 2. The monoisotopic (exact) mass is 276 g/mol. The first-order chi connectivity index (χ1) is 9.52. The molecule has 1 atom stereocenters. The molecule has 1 unspecified atom stereocenters. The van der Waals surface area contributed by atoms with E-state index >= 15 is 0 Å². The molecule has 1 N–H and O–H groups in total. The number of rotatable bonds is 4. The first kappa shape index (κ1) is 14.5. The van der Waals surface area contributed by atoms with Crippen LogP contribution < -0.4 is 0 Å². The molecule has 0 radical (unpaired) electrons. The zero-order chi connectivity index (χ0) is 14.7. The minimum atomic E-state index is -0.869. The summed E-state index contributed by atoms with van der Waals surface area (Å²) in [7, 11) is 1.73. The Balaban J connectivity index is 2.18. The molecule has 0 saturated carbocycles. The average molecular weight is 276 g/mol. The van der Waals surface area contributed by atoms with E-state index in [1.807, 2.05) is 31.2 Å². The Bertz CT molecular complexity index is 516. The third kappa shape index (κ3) is 2.99. The van der Waals surface area contributed by atoms with Crippen molar-refractivity contribution in [2.75, 3.05) is 20.1 Å². The van der Waals surface area contributed by atoms with Gasteiger partial charge in [0.05, 0.1) is 6.54 Å². The Labute approximate surface area is 118 Å². The summed E-state index contributed by atoms with van der Waals surface area (Å²) >= 11 is 0. The van der Waals surface area contributed by atoms with Crippen LogP contribution in [0.2, 0.25) is 0 Å². The van der Waals surface area contributed by atoms with Crippen LogP contribution in [-0.2, 0) is 22.6 Å². The second-order valence-electron chi connectivity index (χ2n) is 5.14. The SMILES string of the molecule is CCN(C)C(=O)CN1Cc2ccccc2CC1C(=O)O. The number of fused-ring (bicyclic) bond motifs is 1. The van der Waals surface area contributed by atoms with Gasteiger partial charge in [-0.05, 0) is 24.5 Å². The van der Waals surface area contributed by atoms with Crippen LogP contribution in [0.15, 0.2) is 24.3 Å². The summed E-state index contributed by atoms with van der Waals surface area (Å²) in [6.45, 7) is 3.19. The molecule has 1 aromatic carbocycles. The Morgan fingerprint density at radius 3 is 2.60 bits per heavy atom. The number of benzene rings is 1. The van der Waals surface area contributed by atoms with E-state index in [-0.39, 0.29) is 12.5 Å². The van der Waals surface area contributed by atoms with Crippen LogP contribution in [0.25, 0.3) is 0 Å². The van der Waals surface area contributed by atoms with Gasteiger partial charge in [0.15, 0.2) is 0 Å². The Hall–Kier alpha value is -1.88. The summed E-state index contributed by atoms with van der Waals surface area (Å²) in [4.78, 5) is 26.8. The molecule has 1 heterocycles. The number of carbonyl (C=O) groups excluding carboxylic acids is 1. The number of likely N-dealkylation sites (N-methyl/N-ethyl adjacent to an activating group) is 1. The molecular weight excluding hydrogens is 256 g/mol. The lowest BCUT2D eigenvalue weighted by atomic mass is 9.94. The number of hydrogen-bond acceptors (Lipinski definition) is 3. The van der Waals surface area contributed by atoms with Gasteiger partial charge in [-0.2, -0.15) is 0 Å². The van der Waals surface area contributed by atoms with Crippen molar-refractivity contribution < 1.29 is 14.7 Å². The van der Waals surface area contributed by atoms with Crippen molar-refractivity contribution in [1.82, 2.24) is 9.80 Å². The number of hydrogen-bond donors (Lipinski definition) is 1. The average Bonchev–Trinajstić information content (AvgIpc) is 2.45. The molecule has 0 fully saturated rings. The van der Waals surface area contributed by atoms with Gasteiger partial charge in [0.2, 0.25) is 5.91 Å². The lowest BCUT2D eigenvalue weighted by Gasteiger charge is -2.34. The molecule has 1 aromatic rings. The zero-order valence-corrected chi connectivity index (χ0v) is 11.9. The third-order valence-electron chi connectivity index (χ3n) is 3.87. The van der Waals surface area contributed by atoms with Crippen LogP contribution in [-0.4, -0.2) is 53.0 Å². The van der Waals surface area contributed by atoms with Gasteiger partial charge in [-0.15, -0.1) is 0 Å². The number of carboxylic acid groups (broad SMARTS) is 1. The quantitative estimate of drug-likeness (QED) is 0.890. The van der Waals surface area contributed by atoms with Gasteiger partial charge < -0.3 is 10.0 Å². The zero-order valence-electron chi connectivity index (χ0n) is 11.9. The molecule has 0 spiro atoms. The molecule has 0 bridgehead atoms. The summed E-state index contributed by atoms with van der Waals surface area (Å²) in [6, 6.07) is 7.19. The van der Waals surface area contributed by atoms with Crippen LogP contribution in [0, 0.1) is 0 Å². The fourth-order valence-corrected chi connectivity index (χ4v) is 2.46. The standard InChI is InChI=1S/C15H20N2O3/c1-3-16(2)14(18)10-17-9-12-7-5-4-6-11(12)8-13(17)15(19)20/h4-7,13H,3,8-10H2,1-2H3,(H,19,20). The molecule has 2 rings (SSSR count). The summed E-state index contributed by atoms with van der Waals surface area (Å²) in [5, 5.41) is 9.38. The van der Waals surface area contributed by atoms with Gasteiger partial charge in [-0.3, -0.25) is 14.5 Å². The largest absolute Gasteiger partial charge is 0.480 e. The van der Waals surface area contributed by atoms with Crippen molar-refractivity contribution in [3.8, 4) is 0 Å². The van der Waals surface area contributed by atoms with Gasteiger partial charge in [0.1, 0.15) is 6.04 Å². The fraction of sp³-hybridized carbons (Fsp3) is 0.467. The number of amides is 1. The molecule has 5 heteroatoms. The van der Waals surface area contributed by atoms with Crippen molar-refractivity contribution in [2.24, 2.45) is 0 Å². The molecule has 0 saturated heterocycles. The highest BCUT2D eigenvalue weighted by Crippen LogP contribution is 2.23. The Kier molecular flexibility index (Phi) is 4.39. The van der Waals surface area contributed by atoms with Gasteiger partial charge in [-0.25, -0.2) is 0 Å². The highest BCUT2D eigenvalue weighted by Gasteiger charge is 2.32. The molecule has 0 aliphatic carbocycles. The molecule has 1 aliphatic rings. The first-order valence-corrected chi connectivity index (χ1v) is 6.80. The highest BCUT2D eigenvalue weighted by molar-refractivity contribution is 5.80. The van der Waals surface area contributed by atoms with Crippen molar-refractivity contribution in [2.45, 2.75) is 25.9 Å². The number of aliphatic carboxylic acids is 1. The second-order valence-corrected chi connectivity index (χ2v) is 5.14. The van der Waals surface area contributed by atoms with Crippen LogP contribution in [0.4, 0.5) is 0 Å². The van der Waals surface area contributed by atoms with E-state index in [0.717, 1.165) is 11.1 Å². The highest BCUT2D eigenvalue weighted by atomic mass is 16.4. The number of carboxylic acids is 1. The lowest BCUT2D eigenvalue weighted by molar-refractivity contribution is -0.145. The second kappa shape index (κ2) is 6.05. The van der Waals surface area contributed by atoms with E-state index < -0.39 is 12.0 Å². The fourth-order valence-electron chi connectivity index (χ4n) is 2.46. The number of carbonyl (C=O) groups is 2. The van der Waals surface area contributed by atoms with Crippen molar-refractivity contribution in [3.63, 3.8) is 0 Å². The maximum absolute atomic E-state index is 12.0. The van der Waals surface area contributed by atoms with Crippen molar-refractivity contribution in [1.29, 1.82) is 0 Å². The predicted molar refractivity (Wildman–Crippen MR) is 75.3 cm³/mol. The summed E-state index contributed by atoms with van der Waals surface area (Å²) < 4.78 is 0. The topological polar surface area (TPSA) is 60.9 Å². The molecule has 108 valence electrons. The minimum absolute atomic E-state index is 0.0434. The molecular formula is C15H20N2O3. The summed E-state index contributed by atoms with van der Waals surface area (Å²) in [5.41, 5.74) is 2.17. The molecule has 5 nitrogen and oxygen atoms in total. The molecule has 0 aromatic heterocycles. The normalized spacial score (nSPS) is 18.4. The molecule has 1 amide bonds. The summed E-state index contributed by atoms with van der Waals surface area (Å²) in [6.07, 6.45) is 0.453. The van der Waals surface area contributed by atoms with E-state index in [2.05, 4.69) is 0 Å². The smallest absolute Gasteiger partial charge is 0.321 e. The van der Waals surface area contributed by atoms with Gasteiger partial charge in [0.25, 0.3) is 0 Å². The van der Waals surface area contributed by atoms with E-state index in [0.29, 0.717) is 19.5 Å². The van der Waals surface area contributed by atoms with Crippen molar-refractivity contribution in [3.05, 3.63) is 35.4 Å². The third-order valence-corrected chi connectivity index (χ3v) is 3.87. The Morgan fingerprint density at radius 2 is 2.00 bits per heavy atom. The van der Waals surface area contributed by atoms with Crippen LogP contribution in [0.5, 0.6) is 0 Å². The van der Waals surface area contributed by atoms with Crippen LogP contribution in [0.1, 0.15) is 18.1 Å². The van der Waals surface area contributed by atoms with Crippen LogP contribution in [0.3, 0.4) is 0 Å². The van der Waals surface area contributed by atoms with E-state index in [1.54, 1.807) is 16.8 Å². The molecule has 20 heavy (non-hydrogen) atoms. The minimum Gasteiger partial charge on any atom is -0.480 e. The summed E-state index contributed by atoms with van der Waals surface area (Å²) in [5.74, 6) is -0.912. The van der Waals surface area contributed by atoms with E-state index in [4.69, 9.17) is 0 Å². The maximum atomic E-state index is 12.0. The van der Waals surface area contributed by atoms with Crippen molar-refractivity contribution >= 4 is 11.9 Å². The van der Waals surface area contributed by atoms with E-state index in [9.17, 15) is 14.7 Å². The van der Waals surface area contributed by atoms with E-state index in [1.165, 1.54) is 0 Å². The molecule has 1 aliphatic heterocycles. The van der Waals surface area contributed by atoms with Gasteiger partial charge in [0, 0.05) is 20.1 Å².